The molecule has 8 heteroatoms. The van der Waals surface area contributed by atoms with Gasteiger partial charge in [-0.25, -0.2) is 13.1 Å². The molecule has 2 aromatic rings. The number of carbonyl (C=O) groups is 1. The van der Waals surface area contributed by atoms with Crippen LogP contribution >= 0.6 is 11.6 Å². The summed E-state index contributed by atoms with van der Waals surface area (Å²) in [7, 11) is -3.60. The van der Waals surface area contributed by atoms with Crippen molar-refractivity contribution in [1.82, 2.24) is 14.5 Å². The highest BCUT2D eigenvalue weighted by Gasteiger charge is 2.16. The van der Waals surface area contributed by atoms with Gasteiger partial charge in [0.15, 0.2) is 0 Å². The molecule has 0 aliphatic carbocycles. The number of hydrogen-bond donors (Lipinski definition) is 1. The number of carbonyl (C=O) groups excluding carboxylic acids is 1. The van der Waals surface area contributed by atoms with Crippen molar-refractivity contribution in [2.45, 2.75) is 13.5 Å². The lowest BCUT2D eigenvalue weighted by molar-refractivity contribution is 0.0981. The van der Waals surface area contributed by atoms with Crippen molar-refractivity contribution in [2.75, 3.05) is 6.26 Å². The lowest BCUT2D eigenvalue weighted by Crippen LogP contribution is -2.29. The lowest BCUT2D eigenvalue weighted by atomic mass is 10.2. The molecule has 1 aromatic heterocycles. The normalized spacial score (nSPS) is 11.4. The molecular formula is C13H14ClN3O3S. The summed E-state index contributed by atoms with van der Waals surface area (Å²) >= 11 is 5.91. The minimum Gasteiger partial charge on any atom is -0.268 e. The topological polar surface area (TPSA) is 81.1 Å². The third kappa shape index (κ3) is 4.30. The molecule has 6 nitrogen and oxygen atoms in total. The zero-order chi connectivity index (χ0) is 15.6. The fraction of sp³-hybridized carbons (Fsp3) is 0.231. The minimum atomic E-state index is -3.60. The Morgan fingerprint density at radius 3 is 2.76 bits per heavy atom. The van der Waals surface area contributed by atoms with Gasteiger partial charge < -0.3 is 0 Å². The molecule has 1 heterocycles. The molecule has 1 N–H and O–H groups in total. The summed E-state index contributed by atoms with van der Waals surface area (Å²) in [6.07, 6.45) is 2.44. The average molecular weight is 328 g/mol. The maximum absolute atomic E-state index is 11.8. The van der Waals surface area contributed by atoms with Crippen molar-refractivity contribution in [1.29, 1.82) is 0 Å². The van der Waals surface area contributed by atoms with E-state index in [9.17, 15) is 13.2 Å². The van der Waals surface area contributed by atoms with Crippen molar-refractivity contribution >= 4 is 27.5 Å². The predicted molar refractivity (Wildman–Crippen MR) is 79.8 cm³/mol. The first kappa shape index (κ1) is 15.5. The number of sulfonamides is 1. The van der Waals surface area contributed by atoms with Gasteiger partial charge in [-0.15, -0.1) is 0 Å². The van der Waals surface area contributed by atoms with E-state index in [0.717, 1.165) is 11.8 Å². The molecule has 0 aliphatic heterocycles. The number of rotatable bonds is 4. The monoisotopic (exact) mass is 327 g/mol. The summed E-state index contributed by atoms with van der Waals surface area (Å²) in [5, 5.41) is 4.82. The van der Waals surface area contributed by atoms with E-state index >= 15 is 0 Å². The van der Waals surface area contributed by atoms with Crippen molar-refractivity contribution in [3.05, 3.63) is 52.3 Å². The van der Waals surface area contributed by atoms with Crippen LogP contribution in [0.5, 0.6) is 0 Å². The molecule has 1 aromatic carbocycles. The largest absolute Gasteiger partial charge is 0.268 e. The van der Waals surface area contributed by atoms with Crippen molar-refractivity contribution in [2.24, 2.45) is 0 Å². The first-order chi connectivity index (χ1) is 9.74. The highest BCUT2D eigenvalue weighted by molar-refractivity contribution is 7.89. The minimum absolute atomic E-state index is 0.224. The van der Waals surface area contributed by atoms with Crippen LogP contribution in [0.15, 0.2) is 30.5 Å². The summed E-state index contributed by atoms with van der Waals surface area (Å²) in [6, 6.07) is 7.28. The molecule has 21 heavy (non-hydrogen) atoms. The zero-order valence-electron chi connectivity index (χ0n) is 11.5. The van der Waals surface area contributed by atoms with Crippen LogP contribution in [0.2, 0.25) is 5.02 Å². The van der Waals surface area contributed by atoms with Crippen LogP contribution in [-0.2, 0) is 16.6 Å². The first-order valence-electron chi connectivity index (χ1n) is 6.05. The molecule has 2 rings (SSSR count). The molecule has 1 amide bonds. The van der Waals surface area contributed by atoms with Crippen LogP contribution in [0.25, 0.3) is 0 Å². The van der Waals surface area contributed by atoms with Gasteiger partial charge in [0.1, 0.15) is 0 Å². The molecule has 0 aliphatic rings. The summed E-state index contributed by atoms with van der Waals surface area (Å²) in [4.78, 5) is 11.8. The first-order valence-corrected chi connectivity index (χ1v) is 8.32. The number of nitrogens with one attached hydrogen (secondary N) is 1. The van der Waals surface area contributed by atoms with E-state index in [1.807, 2.05) is 16.9 Å². The number of aryl methyl sites for hydroxylation is 1. The Hall–Kier alpha value is -1.86. The van der Waals surface area contributed by atoms with E-state index < -0.39 is 15.9 Å². The quantitative estimate of drug-likeness (QED) is 0.924. The lowest BCUT2D eigenvalue weighted by Gasteiger charge is -2.02. The van der Waals surface area contributed by atoms with Crippen LogP contribution in [0, 0.1) is 6.92 Å². The fourth-order valence-electron chi connectivity index (χ4n) is 1.87. The molecule has 0 radical (unpaired) electrons. The molecular weight excluding hydrogens is 314 g/mol. The van der Waals surface area contributed by atoms with Gasteiger partial charge in [0.05, 0.1) is 24.1 Å². The van der Waals surface area contributed by atoms with Gasteiger partial charge in [0.25, 0.3) is 5.91 Å². The zero-order valence-corrected chi connectivity index (χ0v) is 13.1. The van der Waals surface area contributed by atoms with Crippen LogP contribution < -0.4 is 4.72 Å². The molecule has 0 unspecified atom stereocenters. The van der Waals surface area contributed by atoms with E-state index in [1.54, 1.807) is 23.7 Å². The van der Waals surface area contributed by atoms with Gasteiger partial charge in [0, 0.05) is 11.2 Å². The van der Waals surface area contributed by atoms with E-state index in [2.05, 4.69) is 5.10 Å². The van der Waals surface area contributed by atoms with Crippen molar-refractivity contribution in [3.63, 3.8) is 0 Å². The van der Waals surface area contributed by atoms with Gasteiger partial charge in [-0.1, -0.05) is 23.7 Å². The second kappa shape index (κ2) is 5.87. The van der Waals surface area contributed by atoms with Crippen LogP contribution in [-0.4, -0.2) is 30.4 Å². The van der Waals surface area contributed by atoms with E-state index in [1.165, 1.54) is 6.20 Å². The highest BCUT2D eigenvalue weighted by atomic mass is 35.5. The third-order valence-corrected chi connectivity index (χ3v) is 3.49. The average Bonchev–Trinajstić information content (AvgIpc) is 2.68. The number of hydrogen-bond acceptors (Lipinski definition) is 4. The Morgan fingerprint density at radius 2 is 2.14 bits per heavy atom. The number of nitrogens with zero attached hydrogens (tertiary/aromatic N) is 2. The Morgan fingerprint density at radius 1 is 1.43 bits per heavy atom. The van der Waals surface area contributed by atoms with E-state index in [0.29, 0.717) is 17.3 Å². The summed E-state index contributed by atoms with van der Waals surface area (Å²) in [6.45, 7) is 2.08. The van der Waals surface area contributed by atoms with Crippen LogP contribution in [0.1, 0.15) is 21.6 Å². The second-order valence-electron chi connectivity index (χ2n) is 4.66. The molecule has 112 valence electrons. The van der Waals surface area contributed by atoms with Crippen molar-refractivity contribution in [3.8, 4) is 0 Å². The molecule has 0 bridgehead atoms. The Balaban J connectivity index is 2.21. The van der Waals surface area contributed by atoms with Gasteiger partial charge in [-0.2, -0.15) is 5.10 Å². The SMILES string of the molecule is Cc1nn(Cc2cccc(Cl)c2)cc1C(=O)NS(C)(=O)=O. The number of amides is 1. The Labute approximate surface area is 127 Å². The summed E-state index contributed by atoms with van der Waals surface area (Å²) in [5.41, 5.74) is 1.61. The maximum atomic E-state index is 11.8. The fourth-order valence-corrected chi connectivity index (χ4v) is 2.53. The number of benzene rings is 1. The van der Waals surface area contributed by atoms with Gasteiger partial charge >= 0.3 is 0 Å². The van der Waals surface area contributed by atoms with Crippen LogP contribution in [0.3, 0.4) is 0 Å². The standard InChI is InChI=1S/C13H14ClN3O3S/c1-9-12(13(18)16-21(2,19)20)8-17(15-9)7-10-4-3-5-11(14)6-10/h3-6,8H,7H2,1-2H3,(H,16,18). The number of halogens is 1. The number of aromatic nitrogens is 2. The molecule has 0 atom stereocenters. The summed E-state index contributed by atoms with van der Waals surface area (Å²) < 4.78 is 25.7. The highest BCUT2D eigenvalue weighted by Crippen LogP contribution is 2.13. The molecule has 0 spiro atoms. The smallest absolute Gasteiger partial charge is 0.268 e. The Bertz CT molecular complexity index is 784. The maximum Gasteiger partial charge on any atom is 0.268 e. The van der Waals surface area contributed by atoms with Crippen molar-refractivity contribution < 1.29 is 13.2 Å². The summed E-state index contributed by atoms with van der Waals surface area (Å²) in [5.74, 6) is -0.688. The molecule has 0 saturated heterocycles. The van der Waals surface area contributed by atoms with E-state index in [-0.39, 0.29) is 5.56 Å². The predicted octanol–water partition coefficient (Wildman–Crippen LogP) is 1.58. The van der Waals surface area contributed by atoms with E-state index in [4.69, 9.17) is 11.6 Å². The Kier molecular flexibility index (Phi) is 4.34. The molecule has 0 saturated carbocycles. The van der Waals surface area contributed by atoms with Gasteiger partial charge in [0.2, 0.25) is 10.0 Å². The second-order valence-corrected chi connectivity index (χ2v) is 6.84. The van der Waals surface area contributed by atoms with Crippen LogP contribution in [0.4, 0.5) is 0 Å². The van der Waals surface area contributed by atoms with Gasteiger partial charge in [-0.05, 0) is 24.6 Å². The third-order valence-electron chi connectivity index (χ3n) is 2.70. The molecule has 0 fully saturated rings. The van der Waals surface area contributed by atoms with Gasteiger partial charge in [-0.3, -0.25) is 9.48 Å².